The summed E-state index contributed by atoms with van der Waals surface area (Å²) < 4.78 is 29.2. The van der Waals surface area contributed by atoms with E-state index in [-0.39, 0.29) is 0 Å². The maximum atomic E-state index is 5.85. The van der Waals surface area contributed by atoms with Crippen LogP contribution in [0.1, 0.15) is 486 Å². The van der Waals surface area contributed by atoms with Gasteiger partial charge in [0.05, 0.1) is 33.0 Å². The summed E-state index contributed by atoms with van der Waals surface area (Å²) in [7, 11) is 0. The van der Waals surface area contributed by atoms with Gasteiger partial charge in [-0.25, -0.2) is 49.8 Å². The zero-order valence-corrected chi connectivity index (χ0v) is 92.7. The van der Waals surface area contributed by atoms with Gasteiger partial charge in [-0.1, -0.05) is 268 Å². The molecule has 5 aliphatic rings. The minimum absolute atomic E-state index is 0.642. The molecule has 5 heterocycles. The second-order valence-corrected chi connectivity index (χ2v) is 43.5. The van der Waals surface area contributed by atoms with Gasteiger partial charge in [0.2, 0.25) is 0 Å². The lowest BCUT2D eigenvalue weighted by molar-refractivity contribution is 0.301. The van der Waals surface area contributed by atoms with Gasteiger partial charge in [0.15, 0.2) is 29.1 Å². The number of rotatable bonds is 56. The van der Waals surface area contributed by atoms with Crippen LogP contribution in [-0.2, 0) is 0 Å². The minimum atomic E-state index is 0.642. The fourth-order valence-electron chi connectivity index (χ4n) is 22.2. The van der Waals surface area contributed by atoms with E-state index in [0.717, 1.165) is 180 Å². The Hall–Kier alpha value is -9.50. The molecule has 5 saturated carbocycles. The third-order valence-corrected chi connectivity index (χ3v) is 32.0. The van der Waals surface area contributed by atoms with Crippen molar-refractivity contribution >= 4 is 0 Å². The molecule has 0 N–H and O–H groups in total. The van der Waals surface area contributed by atoms with E-state index in [9.17, 15) is 0 Å². The normalized spacial score (nSPS) is 19.2. The lowest BCUT2D eigenvalue weighted by Gasteiger charge is -2.28. The van der Waals surface area contributed by atoms with Crippen LogP contribution in [0.3, 0.4) is 0 Å². The molecule has 0 radical (unpaired) electrons. The highest BCUT2D eigenvalue weighted by Gasteiger charge is 2.29. The molecule has 0 spiro atoms. The van der Waals surface area contributed by atoms with Crippen molar-refractivity contribution in [2.45, 2.75) is 458 Å². The van der Waals surface area contributed by atoms with Crippen molar-refractivity contribution in [3.8, 4) is 85.7 Å². The van der Waals surface area contributed by atoms with Crippen LogP contribution < -0.4 is 23.7 Å². The summed E-state index contributed by atoms with van der Waals surface area (Å²) in [5.74, 6) is 16.6. The highest BCUT2D eigenvalue weighted by atomic mass is 16.5. The van der Waals surface area contributed by atoms with Crippen molar-refractivity contribution in [2.24, 2.45) is 29.6 Å². The average molecular weight is 1990 g/mol. The molecule has 5 aliphatic carbocycles. The van der Waals surface area contributed by atoms with Crippen LogP contribution in [0.4, 0.5) is 0 Å². The van der Waals surface area contributed by atoms with Crippen LogP contribution in [0.2, 0.25) is 0 Å². The van der Waals surface area contributed by atoms with E-state index < -0.39 is 0 Å². The Morgan fingerprint density at radius 1 is 0.171 bits per heavy atom. The molecule has 15 rings (SSSR count). The third kappa shape index (κ3) is 42.9. The summed E-state index contributed by atoms with van der Waals surface area (Å²) in [6, 6.07) is 41.0. The highest BCUT2D eigenvalue weighted by Crippen LogP contribution is 2.44. The van der Waals surface area contributed by atoms with Gasteiger partial charge in [0, 0.05) is 89.8 Å². The third-order valence-electron chi connectivity index (χ3n) is 32.0. The fourth-order valence-corrected chi connectivity index (χ4v) is 22.2. The van der Waals surface area contributed by atoms with Crippen molar-refractivity contribution in [2.75, 3.05) is 33.0 Å². The number of ether oxygens (including phenoxy) is 5. The number of benzene rings is 5. The summed E-state index contributed by atoms with van der Waals surface area (Å²) in [5.41, 5.74) is 11.8. The van der Waals surface area contributed by atoms with E-state index in [1.807, 2.05) is 85.5 Å². The van der Waals surface area contributed by atoms with Crippen LogP contribution >= 0.6 is 0 Å². The number of hydrogen-bond acceptors (Lipinski definition) is 15. The van der Waals surface area contributed by atoms with Crippen LogP contribution in [0, 0.1) is 29.6 Å². The van der Waals surface area contributed by atoms with E-state index in [4.69, 9.17) is 33.7 Å². The van der Waals surface area contributed by atoms with Gasteiger partial charge in [-0.2, -0.15) is 0 Å². The van der Waals surface area contributed by atoms with Gasteiger partial charge in [-0.3, -0.25) is 0 Å². The molecule has 0 amide bonds. The van der Waals surface area contributed by atoms with Crippen LogP contribution in [-0.4, -0.2) is 82.9 Å². The van der Waals surface area contributed by atoms with Gasteiger partial charge in [-0.05, 0) is 369 Å². The standard InChI is InChI=1S/C29H44N2O.C27H40N2O.C26H38N2O.C25H36N2O.C24H34N2O/c1-3-5-7-9-10-12-24-13-15-25(16-14-24)27-22-30-29(31-23-27)26-17-19-28(20-18-26)32-21-11-8-6-4-2;1-3-5-7-9-19-30-26-17-15-24(16-18-26)27-28-20-25(21-29-27)23-13-11-22(12-14-23)10-8-6-4-2;1-3-5-7-8-18-29-25-16-14-23(15-17-25)26-27-19-24(20-28-26)22-12-10-21(11-13-22)9-6-4-2;1-3-5-6-7-17-28-24-15-13-22(14-16-24)25-26-18-23(19-27-25)21-11-9-20(8-4-2)10-12-21;1-3-5-6-7-16-27-23-14-12-21(13-15-23)24-25-17-22(18-26-24)20-10-8-19(4-2)9-11-20/h17-20,22-25H,3-16,21H2,1-2H3;15-18,20-23H,3-14,19H2,1-2H3;14-17,19-22H,3-13,18H2,1-2H3;13-16,18-21H,3-12,17H2,1-2H3;12-15,17-20H,3-11,16H2,1-2H3/t24-,25-;22-,23-;21-,22-;20-,21-;19-,20-. The van der Waals surface area contributed by atoms with Gasteiger partial charge in [-0.15, -0.1) is 0 Å². The predicted octanol–water partition coefficient (Wildman–Crippen LogP) is 38.2. The molecule has 5 fully saturated rings. The zero-order chi connectivity index (χ0) is 102. The Labute approximate surface area is 885 Å². The van der Waals surface area contributed by atoms with Crippen molar-refractivity contribution in [1.82, 2.24) is 49.8 Å². The lowest BCUT2D eigenvalue weighted by atomic mass is 9.77. The Bertz CT molecular complexity index is 4910. The smallest absolute Gasteiger partial charge is 0.159 e. The molecule has 5 aromatic carbocycles. The molecule has 0 atom stereocenters. The summed E-state index contributed by atoms with van der Waals surface area (Å²) in [6.45, 7) is 26.6. The summed E-state index contributed by atoms with van der Waals surface area (Å²) in [5, 5.41) is 0. The van der Waals surface area contributed by atoms with Crippen molar-refractivity contribution in [3.05, 3.63) is 211 Å². The van der Waals surface area contributed by atoms with Crippen molar-refractivity contribution < 1.29 is 23.7 Å². The molecule has 15 heteroatoms. The molecular weight excluding hydrogens is 1790 g/mol. The first-order valence-electron chi connectivity index (χ1n) is 59.7. The van der Waals surface area contributed by atoms with Crippen LogP contribution in [0.15, 0.2) is 183 Å². The molecule has 0 aliphatic heterocycles. The maximum absolute atomic E-state index is 5.85. The largest absolute Gasteiger partial charge is 0.494 e. The second-order valence-electron chi connectivity index (χ2n) is 43.5. The van der Waals surface area contributed by atoms with E-state index in [1.54, 1.807) is 0 Å². The minimum Gasteiger partial charge on any atom is -0.494 e. The quantitative estimate of drug-likeness (QED) is 0.0329. The van der Waals surface area contributed by atoms with Crippen LogP contribution in [0.25, 0.3) is 56.9 Å². The summed E-state index contributed by atoms with van der Waals surface area (Å²) >= 11 is 0. The Balaban J connectivity index is 0.000000174. The average Bonchev–Trinajstić information content (AvgIpc) is 0.847. The monoisotopic (exact) mass is 1990 g/mol. The van der Waals surface area contributed by atoms with Gasteiger partial charge < -0.3 is 23.7 Å². The number of aromatic nitrogens is 10. The molecule has 0 unspecified atom stereocenters. The summed E-state index contributed by atoms with van der Waals surface area (Å²) in [4.78, 5) is 46.7. The van der Waals surface area contributed by atoms with E-state index in [0.29, 0.717) is 29.6 Å². The molecule has 10 aromatic rings. The Morgan fingerprint density at radius 3 is 0.541 bits per heavy atom. The van der Waals surface area contributed by atoms with Gasteiger partial charge in [0.25, 0.3) is 0 Å². The molecular formula is C131H192N10O5. The number of hydrogen-bond donors (Lipinski definition) is 0. The van der Waals surface area contributed by atoms with Crippen LogP contribution in [0.5, 0.6) is 28.7 Å². The fraction of sp³-hybridized carbons (Fsp3) is 0.618. The Morgan fingerprint density at radius 2 is 0.342 bits per heavy atom. The van der Waals surface area contributed by atoms with E-state index in [1.165, 1.54) is 355 Å². The van der Waals surface area contributed by atoms with Gasteiger partial charge in [0.1, 0.15) is 28.7 Å². The van der Waals surface area contributed by atoms with E-state index in [2.05, 4.69) is 207 Å². The first kappa shape index (κ1) is 117. The topological polar surface area (TPSA) is 175 Å². The molecule has 15 nitrogen and oxygen atoms in total. The molecule has 796 valence electrons. The van der Waals surface area contributed by atoms with Gasteiger partial charge >= 0.3 is 0 Å². The molecule has 0 bridgehead atoms. The molecule has 5 aromatic heterocycles. The molecule has 0 saturated heterocycles. The SMILES string of the molecule is CCCCCCC[C@H]1CC[C@H](c2cnc(-c3ccc(OCCCCCC)cc3)nc2)CC1.CCCCCCOc1ccc(-c2ncc([C@H]3CC[C@H](CC)CC3)cn2)cc1.CCCCCCOc1ccc(-c2ncc([C@H]3CC[C@H](CCC)CC3)cn2)cc1.CCCCCCOc1ccc(-c2ncc([C@H]3CC[C@H](CCCC)CC3)cn2)cc1.CCCCCCOc1ccc(-c2ncc([C@H]3CC[C@H](CCCCC)CC3)cn2)cc1. The Kier molecular flexibility index (Phi) is 56.4. The number of unbranched alkanes of at least 4 members (excludes halogenated alkanes) is 22. The predicted molar refractivity (Wildman–Crippen MR) is 611 cm³/mol. The second kappa shape index (κ2) is 70.5. The first-order chi connectivity index (χ1) is 72.0. The molecule has 146 heavy (non-hydrogen) atoms. The summed E-state index contributed by atoms with van der Waals surface area (Å²) in [6.07, 6.45) is 93.8. The first-order valence-corrected chi connectivity index (χ1v) is 59.7. The lowest BCUT2D eigenvalue weighted by Crippen LogP contribution is -2.14. The van der Waals surface area contributed by atoms with Crippen molar-refractivity contribution in [1.29, 1.82) is 0 Å². The number of nitrogens with zero attached hydrogens (tertiary/aromatic N) is 10. The zero-order valence-electron chi connectivity index (χ0n) is 92.7. The van der Waals surface area contributed by atoms with Crippen molar-refractivity contribution in [3.63, 3.8) is 0 Å². The highest BCUT2D eigenvalue weighted by molar-refractivity contribution is 5.60. The van der Waals surface area contributed by atoms with E-state index >= 15 is 0 Å². The maximum Gasteiger partial charge on any atom is 0.159 e.